The first-order valence-electron chi connectivity index (χ1n) is 3.90. The van der Waals surface area contributed by atoms with Crippen LogP contribution >= 0.6 is 39.1 Å². The van der Waals surface area contributed by atoms with Gasteiger partial charge in [-0.2, -0.15) is 0 Å². The van der Waals surface area contributed by atoms with Gasteiger partial charge >= 0.3 is 0 Å². The third-order valence-electron chi connectivity index (χ3n) is 1.49. The number of amides is 1. The summed E-state index contributed by atoms with van der Waals surface area (Å²) in [6, 6.07) is 4.89. The Morgan fingerprint density at radius 3 is 2.29 bits per heavy atom. The molecule has 5 heteroatoms. The molecule has 1 aromatic rings. The molecule has 0 aliphatic carbocycles. The van der Waals surface area contributed by atoms with Gasteiger partial charge in [0.1, 0.15) is 0 Å². The summed E-state index contributed by atoms with van der Waals surface area (Å²) >= 11 is 14.7. The lowest BCUT2D eigenvalue weighted by Crippen LogP contribution is -2.19. The number of hydrogen-bond donors (Lipinski definition) is 1. The van der Waals surface area contributed by atoms with Crippen molar-refractivity contribution in [3.05, 3.63) is 28.2 Å². The Morgan fingerprint density at radius 1 is 1.36 bits per heavy atom. The minimum Gasteiger partial charge on any atom is -0.325 e. The van der Waals surface area contributed by atoms with E-state index >= 15 is 0 Å². The van der Waals surface area contributed by atoms with Crippen LogP contribution in [0.3, 0.4) is 0 Å². The fraction of sp³-hybridized carbons (Fsp3) is 0.222. The molecule has 0 heterocycles. The fourth-order valence-electron chi connectivity index (χ4n) is 0.868. The van der Waals surface area contributed by atoms with Crippen LogP contribution in [0.25, 0.3) is 0 Å². The summed E-state index contributed by atoms with van der Waals surface area (Å²) in [7, 11) is 0. The van der Waals surface area contributed by atoms with Crippen molar-refractivity contribution in [2.45, 2.75) is 11.8 Å². The molecule has 0 spiro atoms. The van der Waals surface area contributed by atoms with Crippen LogP contribution in [-0.4, -0.2) is 10.7 Å². The van der Waals surface area contributed by atoms with E-state index in [1.165, 1.54) is 0 Å². The fourth-order valence-corrected chi connectivity index (χ4v) is 1.51. The third kappa shape index (κ3) is 3.48. The number of alkyl halides is 1. The Kier molecular flexibility index (Phi) is 4.23. The molecule has 1 aromatic carbocycles. The monoisotopic (exact) mass is 295 g/mol. The number of carbonyl (C=O) groups excluding carboxylic acids is 1. The van der Waals surface area contributed by atoms with E-state index in [4.69, 9.17) is 23.2 Å². The maximum atomic E-state index is 11.3. The Bertz CT molecular complexity index is 334. The smallest absolute Gasteiger partial charge is 0.237 e. The van der Waals surface area contributed by atoms with Gasteiger partial charge in [0.2, 0.25) is 5.91 Å². The number of benzene rings is 1. The van der Waals surface area contributed by atoms with Crippen molar-refractivity contribution in [1.29, 1.82) is 0 Å². The van der Waals surface area contributed by atoms with E-state index in [1.54, 1.807) is 25.1 Å². The second-order valence-electron chi connectivity index (χ2n) is 2.76. The Hall–Kier alpha value is -0.250. The van der Waals surface area contributed by atoms with Crippen LogP contribution in [0.1, 0.15) is 6.92 Å². The Balaban J connectivity index is 2.82. The van der Waals surface area contributed by atoms with E-state index in [-0.39, 0.29) is 10.7 Å². The molecule has 1 atom stereocenters. The van der Waals surface area contributed by atoms with E-state index in [0.29, 0.717) is 15.7 Å². The summed E-state index contributed by atoms with van der Waals surface area (Å²) in [6.07, 6.45) is 0. The summed E-state index contributed by atoms with van der Waals surface area (Å²) < 4.78 is 0. The van der Waals surface area contributed by atoms with Gasteiger partial charge in [0.25, 0.3) is 0 Å². The molecule has 0 unspecified atom stereocenters. The number of hydrogen-bond acceptors (Lipinski definition) is 1. The highest BCUT2D eigenvalue weighted by molar-refractivity contribution is 9.10. The van der Waals surface area contributed by atoms with E-state index in [2.05, 4.69) is 21.2 Å². The van der Waals surface area contributed by atoms with Gasteiger partial charge in [0, 0.05) is 15.7 Å². The van der Waals surface area contributed by atoms with Crippen molar-refractivity contribution in [2.75, 3.05) is 5.32 Å². The number of nitrogens with one attached hydrogen (secondary N) is 1. The molecule has 1 N–H and O–H groups in total. The molecule has 0 aliphatic rings. The lowest BCUT2D eigenvalue weighted by atomic mass is 10.3. The van der Waals surface area contributed by atoms with Crippen molar-refractivity contribution in [1.82, 2.24) is 0 Å². The number of anilines is 1. The van der Waals surface area contributed by atoms with Gasteiger partial charge < -0.3 is 5.32 Å². The lowest BCUT2D eigenvalue weighted by Gasteiger charge is -2.07. The molecule has 0 aromatic heterocycles. The summed E-state index contributed by atoms with van der Waals surface area (Å²) in [5.74, 6) is -0.136. The standard InChI is InChI=1S/C9H8BrCl2NO/c1-5(10)9(14)13-8-3-6(11)2-7(12)4-8/h2-5H,1H3,(H,13,14)/t5-/m0/s1. The van der Waals surface area contributed by atoms with Crippen LogP contribution in [0.5, 0.6) is 0 Å². The minimum atomic E-state index is -0.250. The van der Waals surface area contributed by atoms with Gasteiger partial charge in [-0.25, -0.2) is 0 Å². The van der Waals surface area contributed by atoms with Gasteiger partial charge in [-0.05, 0) is 25.1 Å². The predicted molar refractivity (Wildman–Crippen MR) is 63.5 cm³/mol. The van der Waals surface area contributed by atoms with E-state index in [9.17, 15) is 4.79 Å². The normalized spacial score (nSPS) is 12.3. The number of rotatable bonds is 2. The van der Waals surface area contributed by atoms with Crippen LogP contribution in [0.2, 0.25) is 10.0 Å². The molecule has 0 fully saturated rings. The molecule has 1 amide bonds. The first kappa shape index (κ1) is 11.8. The lowest BCUT2D eigenvalue weighted by molar-refractivity contribution is -0.115. The maximum absolute atomic E-state index is 11.3. The summed E-state index contributed by atoms with van der Waals surface area (Å²) in [5, 5.41) is 3.66. The van der Waals surface area contributed by atoms with Crippen LogP contribution < -0.4 is 5.32 Å². The van der Waals surface area contributed by atoms with Gasteiger partial charge in [-0.15, -0.1) is 0 Å². The maximum Gasteiger partial charge on any atom is 0.237 e. The highest BCUT2D eigenvalue weighted by Crippen LogP contribution is 2.22. The molecule has 14 heavy (non-hydrogen) atoms. The highest BCUT2D eigenvalue weighted by Gasteiger charge is 2.09. The van der Waals surface area contributed by atoms with Gasteiger partial charge in [0.05, 0.1) is 4.83 Å². The van der Waals surface area contributed by atoms with Crippen LogP contribution in [0.15, 0.2) is 18.2 Å². The van der Waals surface area contributed by atoms with Crippen LogP contribution in [-0.2, 0) is 4.79 Å². The second-order valence-corrected chi connectivity index (χ2v) is 5.01. The van der Waals surface area contributed by atoms with Gasteiger partial charge in [-0.1, -0.05) is 39.1 Å². The van der Waals surface area contributed by atoms with Gasteiger partial charge in [-0.3, -0.25) is 4.79 Å². The zero-order valence-electron chi connectivity index (χ0n) is 7.35. The molecule has 0 aliphatic heterocycles. The van der Waals surface area contributed by atoms with E-state index < -0.39 is 0 Å². The van der Waals surface area contributed by atoms with Crippen LogP contribution in [0, 0.1) is 0 Å². The summed E-state index contributed by atoms with van der Waals surface area (Å²) in [5.41, 5.74) is 0.596. The molecule has 1 rings (SSSR count). The third-order valence-corrected chi connectivity index (χ3v) is 2.34. The molecule has 0 saturated carbocycles. The second kappa shape index (κ2) is 5.01. The zero-order valence-corrected chi connectivity index (χ0v) is 10.4. The van der Waals surface area contributed by atoms with Crippen molar-refractivity contribution >= 4 is 50.7 Å². The van der Waals surface area contributed by atoms with E-state index in [0.717, 1.165) is 0 Å². The molecule has 0 bridgehead atoms. The predicted octanol–water partition coefficient (Wildman–Crippen LogP) is 3.72. The molecule has 2 nitrogen and oxygen atoms in total. The largest absolute Gasteiger partial charge is 0.325 e. The quantitative estimate of drug-likeness (QED) is 0.828. The van der Waals surface area contributed by atoms with Crippen molar-refractivity contribution in [2.24, 2.45) is 0 Å². The molecule has 76 valence electrons. The molecular weight excluding hydrogens is 289 g/mol. The minimum absolute atomic E-state index is 0.136. The average Bonchev–Trinajstić information content (AvgIpc) is 2.01. The molecule has 0 radical (unpaired) electrons. The Morgan fingerprint density at radius 2 is 1.86 bits per heavy atom. The van der Waals surface area contributed by atoms with E-state index in [1.807, 2.05) is 0 Å². The summed E-state index contributed by atoms with van der Waals surface area (Å²) in [6.45, 7) is 1.74. The Labute approximate surface area is 101 Å². The number of carbonyl (C=O) groups is 1. The van der Waals surface area contributed by atoms with Gasteiger partial charge in [0.15, 0.2) is 0 Å². The van der Waals surface area contributed by atoms with Crippen molar-refractivity contribution in [3.8, 4) is 0 Å². The highest BCUT2D eigenvalue weighted by atomic mass is 79.9. The first-order valence-corrected chi connectivity index (χ1v) is 5.57. The van der Waals surface area contributed by atoms with Crippen LogP contribution in [0.4, 0.5) is 5.69 Å². The first-order chi connectivity index (χ1) is 6.49. The molecule has 0 saturated heterocycles. The number of halogens is 3. The topological polar surface area (TPSA) is 29.1 Å². The molecular formula is C9H8BrCl2NO. The average molecular weight is 297 g/mol. The SMILES string of the molecule is C[C@H](Br)C(=O)Nc1cc(Cl)cc(Cl)c1. The zero-order chi connectivity index (χ0) is 10.7. The van der Waals surface area contributed by atoms with Crippen molar-refractivity contribution in [3.63, 3.8) is 0 Å². The summed E-state index contributed by atoms with van der Waals surface area (Å²) in [4.78, 5) is 11.0. The van der Waals surface area contributed by atoms with Crippen molar-refractivity contribution < 1.29 is 4.79 Å².